The van der Waals surface area contributed by atoms with Gasteiger partial charge in [-0.25, -0.2) is 0 Å². The van der Waals surface area contributed by atoms with Crippen LogP contribution in [0.2, 0.25) is 0 Å². The van der Waals surface area contributed by atoms with Crippen LogP contribution in [0.1, 0.15) is 31.4 Å². The highest BCUT2D eigenvalue weighted by molar-refractivity contribution is 4.95. The summed E-state index contributed by atoms with van der Waals surface area (Å²) in [6.45, 7) is 0.739. The average Bonchev–Trinajstić information content (AvgIpc) is 2.54. The van der Waals surface area contributed by atoms with Crippen molar-refractivity contribution >= 4 is 0 Å². The lowest BCUT2D eigenvalue weighted by atomic mass is 10.1. The number of rotatable bonds is 2. The van der Waals surface area contributed by atoms with Gasteiger partial charge in [0.25, 0.3) is 0 Å². The molecule has 18 heavy (non-hydrogen) atoms. The van der Waals surface area contributed by atoms with Gasteiger partial charge in [-0.3, -0.25) is 9.58 Å². The van der Waals surface area contributed by atoms with Crippen molar-refractivity contribution in [2.75, 3.05) is 6.54 Å². The Hall–Kier alpha value is -1.11. The monoisotopic (exact) mass is 262 g/mol. The van der Waals surface area contributed by atoms with E-state index in [1.54, 1.807) is 7.05 Å². The van der Waals surface area contributed by atoms with Crippen molar-refractivity contribution in [3.63, 3.8) is 0 Å². The molecule has 102 valence electrons. The predicted molar refractivity (Wildman–Crippen MR) is 59.7 cm³/mol. The van der Waals surface area contributed by atoms with Gasteiger partial charge in [0.1, 0.15) is 6.04 Å². The molecule has 1 saturated heterocycles. The molecule has 0 amide bonds. The topological polar surface area (TPSA) is 34.0 Å². The second-order valence-corrected chi connectivity index (χ2v) is 4.73. The summed E-state index contributed by atoms with van der Waals surface area (Å²) in [7, 11) is 1.70. The molecule has 0 bridgehead atoms. The third-order valence-electron chi connectivity index (χ3n) is 3.41. The van der Waals surface area contributed by atoms with E-state index in [1.165, 1.54) is 15.8 Å². The molecular formula is C11H17F3N4. The van der Waals surface area contributed by atoms with E-state index in [0.717, 1.165) is 12.8 Å². The number of likely N-dealkylation sites (tertiary alicyclic amines) is 1. The molecular weight excluding hydrogens is 245 g/mol. The van der Waals surface area contributed by atoms with Crippen molar-refractivity contribution in [3.05, 3.63) is 11.9 Å². The highest BCUT2D eigenvalue weighted by atomic mass is 19.4. The highest BCUT2D eigenvalue weighted by Crippen LogP contribution is 2.31. The summed E-state index contributed by atoms with van der Waals surface area (Å²) in [5, 5.41) is 7.45. The Labute approximate surface area is 104 Å². The molecule has 0 aliphatic carbocycles. The van der Waals surface area contributed by atoms with Gasteiger partial charge in [0.15, 0.2) is 0 Å². The van der Waals surface area contributed by atoms with Gasteiger partial charge in [0.05, 0.1) is 11.9 Å². The van der Waals surface area contributed by atoms with Crippen molar-refractivity contribution in [3.8, 4) is 0 Å². The summed E-state index contributed by atoms with van der Waals surface area (Å²) in [4.78, 5) is 1.51. The van der Waals surface area contributed by atoms with Crippen molar-refractivity contribution < 1.29 is 13.2 Å². The van der Waals surface area contributed by atoms with E-state index in [-0.39, 0.29) is 13.0 Å². The van der Waals surface area contributed by atoms with Crippen LogP contribution in [0.25, 0.3) is 0 Å². The Balaban J connectivity index is 2.13. The molecule has 1 aromatic heterocycles. The zero-order chi connectivity index (χ0) is 13.2. The Bertz CT molecular complexity index is 388. The second kappa shape index (κ2) is 5.26. The van der Waals surface area contributed by atoms with Crippen LogP contribution in [-0.2, 0) is 13.6 Å². The van der Waals surface area contributed by atoms with Crippen LogP contribution in [0.5, 0.6) is 0 Å². The number of aromatic nitrogens is 3. The van der Waals surface area contributed by atoms with Crippen LogP contribution >= 0.6 is 0 Å². The molecule has 0 aromatic carbocycles. The molecule has 1 atom stereocenters. The van der Waals surface area contributed by atoms with E-state index in [2.05, 4.69) is 10.3 Å². The van der Waals surface area contributed by atoms with Gasteiger partial charge in [-0.05, 0) is 19.4 Å². The molecule has 1 aromatic rings. The summed E-state index contributed by atoms with van der Waals surface area (Å²) in [5.74, 6) is 0. The molecule has 0 spiro atoms. The minimum Gasteiger partial charge on any atom is -0.286 e. The van der Waals surface area contributed by atoms with Gasteiger partial charge >= 0.3 is 6.18 Å². The maximum Gasteiger partial charge on any atom is 0.404 e. The standard InChI is InChI=1S/C11H17F3N4/c1-17-9(7-15-16-17)8-18-6-4-2-3-5-10(18)11(12,13)14/h7,10H,2-6,8H2,1H3. The average molecular weight is 262 g/mol. The lowest BCUT2D eigenvalue weighted by molar-refractivity contribution is -0.186. The van der Waals surface area contributed by atoms with Gasteiger partial charge in [0.2, 0.25) is 0 Å². The SMILES string of the molecule is Cn1nncc1CN1CCCCCC1C(F)(F)F. The van der Waals surface area contributed by atoms with Crippen molar-refractivity contribution in [2.24, 2.45) is 7.05 Å². The van der Waals surface area contributed by atoms with E-state index >= 15 is 0 Å². The molecule has 0 radical (unpaired) electrons. The van der Waals surface area contributed by atoms with Crippen LogP contribution in [0, 0.1) is 0 Å². The van der Waals surface area contributed by atoms with Crippen LogP contribution in [0.15, 0.2) is 6.20 Å². The van der Waals surface area contributed by atoms with Gasteiger partial charge in [-0.1, -0.05) is 18.1 Å². The first-order valence-corrected chi connectivity index (χ1v) is 6.13. The van der Waals surface area contributed by atoms with E-state index in [1.807, 2.05) is 0 Å². The maximum atomic E-state index is 13.0. The van der Waals surface area contributed by atoms with Gasteiger partial charge in [0, 0.05) is 13.6 Å². The Morgan fingerprint density at radius 2 is 2.11 bits per heavy atom. The van der Waals surface area contributed by atoms with Gasteiger partial charge in [-0.15, -0.1) is 5.10 Å². The van der Waals surface area contributed by atoms with Crippen LogP contribution in [-0.4, -0.2) is 38.7 Å². The smallest absolute Gasteiger partial charge is 0.286 e. The Morgan fingerprint density at radius 1 is 1.33 bits per heavy atom. The number of aryl methyl sites for hydroxylation is 1. The number of nitrogens with zero attached hydrogens (tertiary/aromatic N) is 4. The molecule has 7 heteroatoms. The number of alkyl halides is 3. The summed E-state index contributed by atoms with van der Waals surface area (Å²) in [6, 6.07) is -1.34. The first kappa shape index (κ1) is 13.3. The molecule has 0 N–H and O–H groups in total. The number of halogens is 3. The van der Waals surface area contributed by atoms with Crippen molar-refractivity contribution in [2.45, 2.75) is 44.4 Å². The molecule has 1 aliphatic heterocycles. The van der Waals surface area contributed by atoms with E-state index in [4.69, 9.17) is 0 Å². The minimum absolute atomic E-state index is 0.189. The van der Waals surface area contributed by atoms with Crippen LogP contribution in [0.3, 0.4) is 0 Å². The van der Waals surface area contributed by atoms with Gasteiger partial charge in [-0.2, -0.15) is 13.2 Å². The Kier molecular flexibility index (Phi) is 3.89. The summed E-state index contributed by atoms with van der Waals surface area (Å²) in [5.41, 5.74) is 0.714. The fourth-order valence-electron chi connectivity index (χ4n) is 2.39. The van der Waals surface area contributed by atoms with E-state index in [0.29, 0.717) is 18.7 Å². The predicted octanol–water partition coefficient (Wildman–Crippen LogP) is 2.12. The molecule has 2 rings (SSSR count). The van der Waals surface area contributed by atoms with Crippen LogP contribution < -0.4 is 0 Å². The molecule has 4 nitrogen and oxygen atoms in total. The lowest BCUT2D eigenvalue weighted by Crippen LogP contribution is -2.45. The highest BCUT2D eigenvalue weighted by Gasteiger charge is 2.43. The minimum atomic E-state index is -4.16. The molecule has 0 saturated carbocycles. The van der Waals surface area contributed by atoms with Crippen molar-refractivity contribution in [1.29, 1.82) is 0 Å². The molecule has 1 fully saturated rings. The third-order valence-corrected chi connectivity index (χ3v) is 3.41. The van der Waals surface area contributed by atoms with E-state index < -0.39 is 12.2 Å². The lowest BCUT2D eigenvalue weighted by Gasteiger charge is -2.31. The molecule has 2 heterocycles. The third kappa shape index (κ3) is 3.01. The van der Waals surface area contributed by atoms with Crippen LogP contribution in [0.4, 0.5) is 13.2 Å². The van der Waals surface area contributed by atoms with E-state index in [9.17, 15) is 13.2 Å². The largest absolute Gasteiger partial charge is 0.404 e. The Morgan fingerprint density at radius 3 is 2.72 bits per heavy atom. The zero-order valence-corrected chi connectivity index (χ0v) is 10.3. The quantitative estimate of drug-likeness (QED) is 0.818. The molecule has 1 aliphatic rings. The zero-order valence-electron chi connectivity index (χ0n) is 10.3. The first-order valence-electron chi connectivity index (χ1n) is 6.13. The second-order valence-electron chi connectivity index (χ2n) is 4.73. The number of hydrogen-bond donors (Lipinski definition) is 0. The normalized spacial score (nSPS) is 23.0. The maximum absolute atomic E-state index is 13.0. The fraction of sp³-hybridized carbons (Fsp3) is 0.818. The van der Waals surface area contributed by atoms with Gasteiger partial charge < -0.3 is 0 Å². The number of hydrogen-bond acceptors (Lipinski definition) is 3. The van der Waals surface area contributed by atoms with Crippen molar-refractivity contribution in [1.82, 2.24) is 19.9 Å². The fourth-order valence-corrected chi connectivity index (χ4v) is 2.39. The first-order chi connectivity index (χ1) is 8.48. The summed E-state index contributed by atoms with van der Waals surface area (Å²) >= 11 is 0. The molecule has 1 unspecified atom stereocenters. The summed E-state index contributed by atoms with van der Waals surface area (Å²) < 4.78 is 40.6. The summed E-state index contributed by atoms with van der Waals surface area (Å²) in [6.07, 6.45) is -0.113.